The highest BCUT2D eigenvalue weighted by molar-refractivity contribution is 14.0. The van der Waals surface area contributed by atoms with Crippen LogP contribution < -0.4 is 15.8 Å². The fraction of sp³-hybridized carbons (Fsp3) is 0.350. The third-order valence-corrected chi connectivity index (χ3v) is 4.52. The van der Waals surface area contributed by atoms with Crippen molar-refractivity contribution in [2.45, 2.75) is 6.04 Å². The number of nitrogens with one attached hydrogen (secondary N) is 1. The van der Waals surface area contributed by atoms with Gasteiger partial charge in [0, 0.05) is 24.8 Å². The summed E-state index contributed by atoms with van der Waals surface area (Å²) in [6.45, 7) is 3.44. The van der Waals surface area contributed by atoms with Gasteiger partial charge in [-0.1, -0.05) is 18.2 Å². The molecule has 1 aliphatic heterocycles. The van der Waals surface area contributed by atoms with Crippen molar-refractivity contribution in [2.24, 2.45) is 10.7 Å². The molecule has 2 aromatic carbocycles. The van der Waals surface area contributed by atoms with Gasteiger partial charge in [-0.2, -0.15) is 0 Å². The van der Waals surface area contributed by atoms with Crippen LogP contribution in [0.3, 0.4) is 0 Å². The Bertz CT molecular complexity index is 767. The molecule has 152 valence electrons. The minimum atomic E-state index is -0.248. The standard InChI is InChI=1S/C20H25FN4O2.HI/c1-26-18-4-2-3-17(13-18)24-20(22)23-14-19(25-9-11-27-12-10-25)15-5-7-16(21)8-6-15;/h2-8,13,19H,9-12,14H2,1H3,(H3,22,23,24);1H. The molecule has 0 aromatic heterocycles. The summed E-state index contributed by atoms with van der Waals surface area (Å²) in [5.41, 5.74) is 7.89. The van der Waals surface area contributed by atoms with Crippen LogP contribution in [-0.2, 0) is 4.74 Å². The van der Waals surface area contributed by atoms with Gasteiger partial charge in [0.15, 0.2) is 5.96 Å². The molecule has 8 heteroatoms. The SMILES string of the molecule is COc1cccc(NC(N)=NCC(c2ccc(F)cc2)N2CCOCC2)c1.I. The molecule has 3 rings (SSSR count). The van der Waals surface area contributed by atoms with Crippen molar-refractivity contribution in [3.63, 3.8) is 0 Å². The second-order valence-corrected chi connectivity index (χ2v) is 6.30. The van der Waals surface area contributed by atoms with Gasteiger partial charge in [0.05, 0.1) is 32.9 Å². The first-order valence-electron chi connectivity index (χ1n) is 8.94. The Balaban J connectivity index is 0.00000280. The second-order valence-electron chi connectivity index (χ2n) is 6.30. The fourth-order valence-corrected chi connectivity index (χ4v) is 3.08. The third kappa shape index (κ3) is 6.32. The van der Waals surface area contributed by atoms with Gasteiger partial charge in [-0.15, -0.1) is 24.0 Å². The number of ether oxygens (including phenoxy) is 2. The summed E-state index contributed by atoms with van der Waals surface area (Å²) < 4.78 is 24.0. The molecule has 6 nitrogen and oxygen atoms in total. The van der Waals surface area contributed by atoms with E-state index >= 15 is 0 Å². The molecule has 1 unspecified atom stereocenters. The molecule has 2 aromatic rings. The Kier molecular flexibility index (Phi) is 8.94. The van der Waals surface area contributed by atoms with Crippen LogP contribution in [0.5, 0.6) is 5.75 Å². The first-order chi connectivity index (χ1) is 13.2. The summed E-state index contributed by atoms with van der Waals surface area (Å²) in [4.78, 5) is 6.81. The zero-order chi connectivity index (χ0) is 19.1. The lowest BCUT2D eigenvalue weighted by molar-refractivity contribution is 0.0180. The van der Waals surface area contributed by atoms with E-state index in [1.54, 1.807) is 19.2 Å². The Morgan fingerprint density at radius 2 is 1.96 bits per heavy atom. The van der Waals surface area contributed by atoms with Gasteiger partial charge in [0.2, 0.25) is 0 Å². The Labute approximate surface area is 181 Å². The molecule has 1 heterocycles. The molecule has 1 aliphatic rings. The Morgan fingerprint density at radius 3 is 2.64 bits per heavy atom. The molecular weight excluding hydrogens is 474 g/mol. The summed E-state index contributed by atoms with van der Waals surface area (Å²) in [6, 6.07) is 14.1. The van der Waals surface area contributed by atoms with E-state index in [1.807, 2.05) is 24.3 Å². The normalized spacial score (nSPS) is 16.1. The predicted molar refractivity (Wildman–Crippen MR) is 120 cm³/mol. The van der Waals surface area contributed by atoms with E-state index in [2.05, 4.69) is 15.2 Å². The average Bonchev–Trinajstić information content (AvgIpc) is 2.70. The quantitative estimate of drug-likeness (QED) is 0.362. The first-order valence-corrected chi connectivity index (χ1v) is 8.94. The van der Waals surface area contributed by atoms with E-state index in [0.717, 1.165) is 30.1 Å². The highest BCUT2D eigenvalue weighted by atomic mass is 127. The van der Waals surface area contributed by atoms with E-state index in [9.17, 15) is 4.39 Å². The van der Waals surface area contributed by atoms with Gasteiger partial charge in [0.25, 0.3) is 0 Å². The predicted octanol–water partition coefficient (Wildman–Crippen LogP) is 3.25. The minimum absolute atomic E-state index is 0. The maximum atomic E-state index is 13.3. The number of nitrogens with two attached hydrogens (primary N) is 1. The van der Waals surface area contributed by atoms with Crippen LogP contribution >= 0.6 is 24.0 Å². The molecular formula is C20H26FIN4O2. The number of hydrogen-bond donors (Lipinski definition) is 2. The van der Waals surface area contributed by atoms with Gasteiger partial charge in [0.1, 0.15) is 11.6 Å². The van der Waals surface area contributed by atoms with Crippen LogP contribution in [0.25, 0.3) is 0 Å². The van der Waals surface area contributed by atoms with Crippen molar-refractivity contribution >= 4 is 35.6 Å². The van der Waals surface area contributed by atoms with Crippen LogP contribution in [0, 0.1) is 5.82 Å². The number of aliphatic imine (C=N–C) groups is 1. The summed E-state index contributed by atoms with van der Waals surface area (Å²) >= 11 is 0. The number of methoxy groups -OCH3 is 1. The molecule has 0 amide bonds. The second kappa shape index (κ2) is 11.2. The van der Waals surface area contributed by atoms with Gasteiger partial charge >= 0.3 is 0 Å². The van der Waals surface area contributed by atoms with E-state index in [0.29, 0.717) is 25.7 Å². The molecule has 0 bridgehead atoms. The van der Waals surface area contributed by atoms with Crippen LogP contribution in [0.2, 0.25) is 0 Å². The molecule has 0 saturated carbocycles. The van der Waals surface area contributed by atoms with Crippen molar-refractivity contribution in [1.82, 2.24) is 4.90 Å². The lowest BCUT2D eigenvalue weighted by atomic mass is 10.0. The van der Waals surface area contributed by atoms with E-state index < -0.39 is 0 Å². The molecule has 28 heavy (non-hydrogen) atoms. The fourth-order valence-electron chi connectivity index (χ4n) is 3.08. The largest absolute Gasteiger partial charge is 0.497 e. The highest BCUT2D eigenvalue weighted by Gasteiger charge is 2.22. The first kappa shape index (κ1) is 22.4. The number of hydrogen-bond acceptors (Lipinski definition) is 4. The van der Waals surface area contributed by atoms with Gasteiger partial charge in [-0.25, -0.2) is 4.39 Å². The average molecular weight is 500 g/mol. The number of guanidine groups is 1. The van der Waals surface area contributed by atoms with Crippen molar-refractivity contribution in [2.75, 3.05) is 45.3 Å². The number of benzene rings is 2. The van der Waals surface area contributed by atoms with Crippen LogP contribution in [0.1, 0.15) is 11.6 Å². The third-order valence-electron chi connectivity index (χ3n) is 4.52. The van der Waals surface area contributed by atoms with Crippen molar-refractivity contribution in [1.29, 1.82) is 0 Å². The maximum absolute atomic E-state index is 13.3. The van der Waals surface area contributed by atoms with E-state index in [-0.39, 0.29) is 35.8 Å². The Hall–Kier alpha value is -1.91. The summed E-state index contributed by atoms with van der Waals surface area (Å²) in [5.74, 6) is 0.816. The molecule has 1 saturated heterocycles. The molecule has 0 spiro atoms. The van der Waals surface area contributed by atoms with Crippen LogP contribution in [-0.4, -0.2) is 50.8 Å². The van der Waals surface area contributed by atoms with Gasteiger partial charge in [-0.05, 0) is 29.8 Å². The molecule has 1 fully saturated rings. The topological polar surface area (TPSA) is 72.1 Å². The van der Waals surface area contributed by atoms with Gasteiger partial charge in [-0.3, -0.25) is 9.89 Å². The summed E-state index contributed by atoms with van der Waals surface area (Å²) in [6.07, 6.45) is 0. The zero-order valence-corrected chi connectivity index (χ0v) is 18.1. The minimum Gasteiger partial charge on any atom is -0.497 e. The highest BCUT2D eigenvalue weighted by Crippen LogP contribution is 2.23. The number of rotatable bonds is 6. The molecule has 0 radical (unpaired) electrons. The lowest BCUT2D eigenvalue weighted by Gasteiger charge is -2.34. The van der Waals surface area contributed by atoms with Crippen LogP contribution in [0.4, 0.5) is 10.1 Å². The number of halogens is 2. The van der Waals surface area contributed by atoms with Gasteiger partial charge < -0.3 is 20.5 Å². The van der Waals surface area contributed by atoms with E-state index in [4.69, 9.17) is 15.2 Å². The van der Waals surface area contributed by atoms with Crippen molar-refractivity contribution in [3.8, 4) is 5.75 Å². The Morgan fingerprint density at radius 1 is 1.25 bits per heavy atom. The maximum Gasteiger partial charge on any atom is 0.193 e. The number of anilines is 1. The molecule has 0 aliphatic carbocycles. The number of nitrogens with zero attached hydrogens (tertiary/aromatic N) is 2. The van der Waals surface area contributed by atoms with Crippen LogP contribution in [0.15, 0.2) is 53.5 Å². The molecule has 1 atom stereocenters. The van der Waals surface area contributed by atoms with Crippen molar-refractivity contribution < 1.29 is 13.9 Å². The van der Waals surface area contributed by atoms with E-state index in [1.165, 1.54) is 12.1 Å². The zero-order valence-electron chi connectivity index (χ0n) is 15.8. The summed E-state index contributed by atoms with van der Waals surface area (Å²) in [7, 11) is 1.62. The smallest absolute Gasteiger partial charge is 0.193 e. The molecule has 3 N–H and O–H groups in total. The lowest BCUT2D eigenvalue weighted by Crippen LogP contribution is -2.40. The summed E-state index contributed by atoms with van der Waals surface area (Å²) in [5, 5.41) is 3.08. The monoisotopic (exact) mass is 500 g/mol. The number of morpholine rings is 1. The van der Waals surface area contributed by atoms with Crippen molar-refractivity contribution in [3.05, 3.63) is 59.9 Å².